The van der Waals surface area contributed by atoms with E-state index in [2.05, 4.69) is 10.6 Å². The summed E-state index contributed by atoms with van der Waals surface area (Å²) in [6, 6.07) is 21.5. The maximum absolute atomic E-state index is 13.6. The molecule has 0 heterocycles. The van der Waals surface area contributed by atoms with Crippen molar-refractivity contribution in [2.75, 3.05) is 10.6 Å². The molecule has 3 aromatic carbocycles. The average molecular weight is 459 g/mol. The van der Waals surface area contributed by atoms with Gasteiger partial charge in [0.25, 0.3) is 5.91 Å². The molecule has 0 aliphatic heterocycles. The average Bonchev–Trinajstić information content (AvgIpc) is 2.76. The van der Waals surface area contributed by atoms with Crippen LogP contribution in [0.25, 0.3) is 0 Å². The summed E-state index contributed by atoms with van der Waals surface area (Å²) in [6.07, 6.45) is 0. The second kappa shape index (κ2) is 10.2. The summed E-state index contributed by atoms with van der Waals surface area (Å²) in [5.41, 5.74) is 2.37. The highest BCUT2D eigenvalue weighted by Gasteiger charge is 2.39. The van der Waals surface area contributed by atoms with Crippen LogP contribution in [0, 0.1) is 13.8 Å². The number of amides is 5. The van der Waals surface area contributed by atoms with E-state index in [0.717, 1.165) is 16.1 Å². The van der Waals surface area contributed by atoms with Crippen molar-refractivity contribution in [3.05, 3.63) is 95.6 Å². The molecule has 0 aromatic heterocycles. The standard InChI is InChI=1S/C27H30N4O3/c1-19-11-9-15-22(17-19)28-25(33)30(26(34)29-23-16-10-12-20(2)18-23)31(27(3,4)5)24(32)21-13-7-6-8-14-21/h6-18H,1-5H3,(H,28,33)(H,29,34). The SMILES string of the molecule is Cc1cccc(NC(=O)N(C(=O)Nc2cccc(C)c2)N(C(=O)c2ccccc2)C(C)(C)C)c1. The Bertz CT molecular complexity index is 1130. The zero-order valence-corrected chi connectivity index (χ0v) is 20.1. The van der Waals surface area contributed by atoms with Gasteiger partial charge < -0.3 is 10.6 Å². The molecular formula is C27H30N4O3. The van der Waals surface area contributed by atoms with E-state index in [1.165, 1.54) is 5.01 Å². The van der Waals surface area contributed by atoms with E-state index >= 15 is 0 Å². The summed E-state index contributed by atoms with van der Waals surface area (Å²) < 4.78 is 0. The molecule has 7 nitrogen and oxygen atoms in total. The Kier molecular flexibility index (Phi) is 7.36. The maximum atomic E-state index is 13.6. The summed E-state index contributed by atoms with van der Waals surface area (Å²) in [5, 5.41) is 7.52. The highest BCUT2D eigenvalue weighted by molar-refractivity contribution is 6.08. The molecule has 0 fully saturated rings. The van der Waals surface area contributed by atoms with Crippen molar-refractivity contribution < 1.29 is 14.4 Å². The van der Waals surface area contributed by atoms with Gasteiger partial charge in [-0.2, -0.15) is 0 Å². The molecule has 2 N–H and O–H groups in total. The molecule has 176 valence electrons. The number of carbonyl (C=O) groups excluding carboxylic acids is 3. The third kappa shape index (κ3) is 6.01. The lowest BCUT2D eigenvalue weighted by Gasteiger charge is -2.41. The molecule has 0 aliphatic carbocycles. The monoisotopic (exact) mass is 458 g/mol. The number of benzene rings is 3. The molecule has 0 saturated carbocycles. The van der Waals surface area contributed by atoms with Crippen LogP contribution in [0.3, 0.4) is 0 Å². The molecule has 0 spiro atoms. The minimum atomic E-state index is -0.902. The molecule has 7 heteroatoms. The van der Waals surface area contributed by atoms with Gasteiger partial charge in [-0.15, -0.1) is 5.01 Å². The van der Waals surface area contributed by atoms with Crippen LogP contribution in [-0.4, -0.2) is 33.5 Å². The van der Waals surface area contributed by atoms with E-state index in [1.54, 1.807) is 87.5 Å². The molecule has 0 aliphatic rings. The number of nitrogens with zero attached hydrogens (tertiary/aromatic N) is 2. The van der Waals surface area contributed by atoms with Gasteiger partial charge in [-0.25, -0.2) is 14.6 Å². The number of carbonyl (C=O) groups is 3. The minimum absolute atomic E-state index is 0.356. The quantitative estimate of drug-likeness (QED) is 0.457. The minimum Gasteiger partial charge on any atom is -0.306 e. The fraction of sp³-hybridized carbons (Fsp3) is 0.222. The Balaban J connectivity index is 2.04. The summed E-state index contributed by atoms with van der Waals surface area (Å²) in [4.78, 5) is 40.6. The Morgan fingerprint density at radius 3 is 1.56 bits per heavy atom. The maximum Gasteiger partial charge on any atom is 0.349 e. The summed E-state index contributed by atoms with van der Waals surface area (Å²) in [5.74, 6) is -0.480. The van der Waals surface area contributed by atoms with Crippen molar-refractivity contribution in [3.8, 4) is 0 Å². The number of imide groups is 1. The molecule has 0 bridgehead atoms. The second-order valence-electron chi connectivity index (χ2n) is 9.06. The Labute approximate surface area is 200 Å². The van der Waals surface area contributed by atoms with Crippen LogP contribution in [0.15, 0.2) is 78.9 Å². The second-order valence-corrected chi connectivity index (χ2v) is 9.06. The lowest BCUT2D eigenvalue weighted by molar-refractivity contribution is -0.00596. The van der Waals surface area contributed by atoms with Crippen LogP contribution in [-0.2, 0) is 0 Å². The van der Waals surface area contributed by atoms with Crippen LogP contribution in [0.2, 0.25) is 0 Å². The van der Waals surface area contributed by atoms with Crippen molar-refractivity contribution in [3.63, 3.8) is 0 Å². The van der Waals surface area contributed by atoms with E-state index in [0.29, 0.717) is 16.9 Å². The number of nitrogens with one attached hydrogen (secondary N) is 2. The van der Waals surface area contributed by atoms with Crippen molar-refractivity contribution >= 4 is 29.3 Å². The van der Waals surface area contributed by atoms with Crippen molar-refractivity contribution in [1.82, 2.24) is 10.0 Å². The third-order valence-corrected chi connectivity index (χ3v) is 4.97. The number of urea groups is 2. The molecule has 0 radical (unpaired) electrons. The van der Waals surface area contributed by atoms with E-state index in [4.69, 9.17) is 0 Å². The van der Waals surface area contributed by atoms with E-state index < -0.39 is 23.5 Å². The number of hydrogen-bond donors (Lipinski definition) is 2. The smallest absolute Gasteiger partial charge is 0.306 e. The van der Waals surface area contributed by atoms with Gasteiger partial charge in [0.05, 0.1) is 5.54 Å². The van der Waals surface area contributed by atoms with Crippen molar-refractivity contribution in [2.45, 2.75) is 40.2 Å². The zero-order chi connectivity index (χ0) is 24.9. The van der Waals surface area contributed by atoms with E-state index in [9.17, 15) is 14.4 Å². The summed E-state index contributed by atoms with van der Waals surface area (Å²) in [7, 11) is 0. The Morgan fingerprint density at radius 2 is 1.15 bits per heavy atom. The Morgan fingerprint density at radius 1 is 0.676 bits per heavy atom. The Hall–Kier alpha value is -4.13. The lowest BCUT2D eigenvalue weighted by Crippen LogP contribution is -2.62. The highest BCUT2D eigenvalue weighted by Crippen LogP contribution is 2.23. The van der Waals surface area contributed by atoms with Gasteiger partial charge >= 0.3 is 12.1 Å². The molecule has 34 heavy (non-hydrogen) atoms. The van der Waals surface area contributed by atoms with Gasteiger partial charge in [-0.1, -0.05) is 42.5 Å². The molecule has 0 saturated heterocycles. The summed E-state index contributed by atoms with van der Waals surface area (Å²) >= 11 is 0. The highest BCUT2D eigenvalue weighted by atomic mass is 16.2. The predicted octanol–water partition coefficient (Wildman–Crippen LogP) is 6.23. The molecule has 0 atom stereocenters. The molecule has 5 amide bonds. The summed E-state index contributed by atoms with van der Waals surface area (Å²) in [6.45, 7) is 9.10. The van der Waals surface area contributed by atoms with Gasteiger partial charge in [0.1, 0.15) is 0 Å². The fourth-order valence-corrected chi connectivity index (χ4v) is 3.47. The van der Waals surface area contributed by atoms with Crippen LogP contribution in [0.1, 0.15) is 42.3 Å². The number of hydrazine groups is 1. The third-order valence-electron chi connectivity index (χ3n) is 4.97. The number of rotatable bonds is 3. The van der Waals surface area contributed by atoms with Gasteiger partial charge in [0, 0.05) is 16.9 Å². The predicted molar refractivity (Wildman–Crippen MR) is 135 cm³/mol. The number of aryl methyl sites for hydroxylation is 2. The van der Waals surface area contributed by atoms with Crippen LogP contribution in [0.4, 0.5) is 21.0 Å². The van der Waals surface area contributed by atoms with Gasteiger partial charge in [-0.05, 0) is 82.1 Å². The van der Waals surface area contributed by atoms with E-state index in [-0.39, 0.29) is 0 Å². The molecule has 0 unspecified atom stereocenters. The normalized spacial score (nSPS) is 10.9. The topological polar surface area (TPSA) is 81.8 Å². The van der Waals surface area contributed by atoms with Crippen LogP contribution >= 0.6 is 0 Å². The first-order valence-corrected chi connectivity index (χ1v) is 11.0. The van der Waals surface area contributed by atoms with Crippen molar-refractivity contribution in [1.29, 1.82) is 0 Å². The molecular weight excluding hydrogens is 428 g/mol. The lowest BCUT2D eigenvalue weighted by atomic mass is 10.1. The number of hydrogen-bond acceptors (Lipinski definition) is 3. The van der Waals surface area contributed by atoms with Crippen LogP contribution in [0.5, 0.6) is 0 Å². The van der Waals surface area contributed by atoms with E-state index in [1.807, 2.05) is 26.0 Å². The first-order valence-electron chi connectivity index (χ1n) is 11.0. The van der Waals surface area contributed by atoms with Gasteiger partial charge in [0.2, 0.25) is 0 Å². The van der Waals surface area contributed by atoms with Crippen molar-refractivity contribution in [2.24, 2.45) is 0 Å². The first-order chi connectivity index (χ1) is 16.1. The molecule has 3 rings (SSSR count). The van der Waals surface area contributed by atoms with Crippen LogP contribution < -0.4 is 10.6 Å². The molecule has 3 aromatic rings. The van der Waals surface area contributed by atoms with Gasteiger partial charge in [0.15, 0.2) is 0 Å². The van der Waals surface area contributed by atoms with Gasteiger partial charge in [-0.3, -0.25) is 4.79 Å². The zero-order valence-electron chi connectivity index (χ0n) is 20.1. The fourth-order valence-electron chi connectivity index (χ4n) is 3.47. The largest absolute Gasteiger partial charge is 0.349 e. The number of anilines is 2. The first kappa shape index (κ1) is 24.5.